The van der Waals surface area contributed by atoms with Gasteiger partial charge in [-0.15, -0.1) is 0 Å². The molecule has 1 radical (unpaired) electrons. The number of hydrogen-bond donors (Lipinski definition) is 0. The maximum absolute atomic E-state index is 5.96. The van der Waals surface area contributed by atoms with Crippen molar-refractivity contribution in [2.45, 2.75) is 13.3 Å². The van der Waals surface area contributed by atoms with Crippen LogP contribution in [0.15, 0.2) is 18.2 Å². The monoisotopic (exact) mass is 183 g/mol. The summed E-state index contributed by atoms with van der Waals surface area (Å²) in [6, 6.07) is 5.72. The summed E-state index contributed by atoms with van der Waals surface area (Å²) in [4.78, 5) is 0. The lowest BCUT2D eigenvalue weighted by Crippen LogP contribution is -1.92. The first kappa shape index (κ1) is 9.40. The van der Waals surface area contributed by atoms with Crippen molar-refractivity contribution in [2.24, 2.45) is 0 Å². The molecule has 0 saturated heterocycles. The van der Waals surface area contributed by atoms with Gasteiger partial charge in [-0.05, 0) is 31.0 Å². The lowest BCUT2D eigenvalue weighted by atomic mass is 10.2. The molecule has 0 fully saturated rings. The van der Waals surface area contributed by atoms with Crippen molar-refractivity contribution >= 4 is 11.6 Å². The van der Waals surface area contributed by atoms with Gasteiger partial charge in [0.05, 0.1) is 6.61 Å². The van der Waals surface area contributed by atoms with E-state index in [0.717, 1.165) is 22.8 Å². The molecule has 0 bridgehead atoms. The van der Waals surface area contributed by atoms with Crippen molar-refractivity contribution in [1.82, 2.24) is 0 Å². The SMILES string of the molecule is [CH2]COc1ccc(CC)c(Cl)c1. The first-order valence-electron chi connectivity index (χ1n) is 3.98. The molecule has 0 saturated carbocycles. The van der Waals surface area contributed by atoms with Gasteiger partial charge in [-0.3, -0.25) is 0 Å². The Morgan fingerprint density at radius 1 is 1.50 bits per heavy atom. The highest BCUT2D eigenvalue weighted by molar-refractivity contribution is 6.31. The fraction of sp³-hybridized carbons (Fsp3) is 0.300. The predicted octanol–water partition coefficient (Wildman–Crippen LogP) is 3.12. The third-order valence-corrected chi connectivity index (χ3v) is 2.03. The Bertz CT molecular complexity index is 258. The highest BCUT2D eigenvalue weighted by Gasteiger charge is 1.99. The maximum atomic E-state index is 5.96. The molecule has 2 heteroatoms. The fourth-order valence-electron chi connectivity index (χ4n) is 1.02. The van der Waals surface area contributed by atoms with Crippen molar-refractivity contribution in [1.29, 1.82) is 0 Å². The van der Waals surface area contributed by atoms with Crippen LogP contribution in [0.4, 0.5) is 0 Å². The van der Waals surface area contributed by atoms with E-state index in [-0.39, 0.29) is 0 Å². The van der Waals surface area contributed by atoms with Gasteiger partial charge in [-0.2, -0.15) is 0 Å². The van der Waals surface area contributed by atoms with E-state index in [9.17, 15) is 0 Å². The van der Waals surface area contributed by atoms with Gasteiger partial charge in [0.1, 0.15) is 5.75 Å². The van der Waals surface area contributed by atoms with E-state index in [1.807, 2.05) is 18.2 Å². The second-order valence-corrected chi connectivity index (χ2v) is 2.86. The summed E-state index contributed by atoms with van der Waals surface area (Å²) in [5.41, 5.74) is 1.15. The lowest BCUT2D eigenvalue weighted by molar-refractivity contribution is 0.361. The van der Waals surface area contributed by atoms with Gasteiger partial charge in [0.2, 0.25) is 0 Å². The second kappa shape index (κ2) is 4.36. The zero-order valence-corrected chi connectivity index (χ0v) is 7.90. The molecular formula is C10H12ClO. The molecule has 0 heterocycles. The number of rotatable bonds is 3. The topological polar surface area (TPSA) is 9.23 Å². The summed E-state index contributed by atoms with van der Waals surface area (Å²) < 4.78 is 5.19. The summed E-state index contributed by atoms with van der Waals surface area (Å²) in [6.45, 7) is 6.09. The van der Waals surface area contributed by atoms with Crippen LogP contribution in [0.5, 0.6) is 5.75 Å². The van der Waals surface area contributed by atoms with Crippen LogP contribution >= 0.6 is 11.6 Å². The van der Waals surface area contributed by atoms with E-state index in [0.29, 0.717) is 6.61 Å². The van der Waals surface area contributed by atoms with Gasteiger partial charge < -0.3 is 4.74 Å². The normalized spacial score (nSPS) is 9.92. The molecule has 1 aromatic rings. The molecule has 1 rings (SSSR count). The molecule has 0 aromatic heterocycles. The van der Waals surface area contributed by atoms with Crippen LogP contribution in [0.2, 0.25) is 5.02 Å². The van der Waals surface area contributed by atoms with E-state index in [4.69, 9.17) is 16.3 Å². The molecule has 65 valence electrons. The standard InChI is InChI=1S/C10H12ClO/c1-3-8-5-6-9(12-4-2)7-10(8)11/h5-7H,2-4H2,1H3. The van der Waals surface area contributed by atoms with Crippen LogP contribution < -0.4 is 4.74 Å². The number of ether oxygens (including phenoxy) is 1. The van der Waals surface area contributed by atoms with Gasteiger partial charge in [-0.1, -0.05) is 24.6 Å². The molecule has 0 aliphatic rings. The Kier molecular flexibility index (Phi) is 3.42. The van der Waals surface area contributed by atoms with E-state index in [2.05, 4.69) is 13.8 Å². The van der Waals surface area contributed by atoms with Crippen LogP contribution in [0.3, 0.4) is 0 Å². The second-order valence-electron chi connectivity index (χ2n) is 2.46. The predicted molar refractivity (Wildman–Crippen MR) is 51.7 cm³/mol. The Hall–Kier alpha value is -0.690. The zero-order chi connectivity index (χ0) is 8.97. The van der Waals surface area contributed by atoms with E-state index >= 15 is 0 Å². The molecule has 12 heavy (non-hydrogen) atoms. The lowest BCUT2D eigenvalue weighted by Gasteiger charge is -2.05. The molecule has 0 unspecified atom stereocenters. The molecule has 0 amide bonds. The average Bonchev–Trinajstić information content (AvgIpc) is 2.05. The third-order valence-electron chi connectivity index (χ3n) is 1.67. The minimum atomic E-state index is 0.432. The van der Waals surface area contributed by atoms with Crippen molar-refractivity contribution in [2.75, 3.05) is 6.61 Å². The number of halogens is 1. The van der Waals surface area contributed by atoms with Gasteiger partial charge in [0.15, 0.2) is 0 Å². The number of aryl methyl sites for hydroxylation is 1. The summed E-state index contributed by atoms with van der Waals surface area (Å²) in [5, 5.41) is 0.767. The Morgan fingerprint density at radius 3 is 2.75 bits per heavy atom. The quantitative estimate of drug-likeness (QED) is 0.700. The van der Waals surface area contributed by atoms with Crippen molar-refractivity contribution in [3.63, 3.8) is 0 Å². The van der Waals surface area contributed by atoms with Gasteiger partial charge in [0.25, 0.3) is 0 Å². The first-order chi connectivity index (χ1) is 5.77. The largest absolute Gasteiger partial charge is 0.494 e. The highest BCUT2D eigenvalue weighted by Crippen LogP contribution is 2.22. The van der Waals surface area contributed by atoms with E-state index in [1.54, 1.807) is 0 Å². The minimum Gasteiger partial charge on any atom is -0.494 e. The molecule has 1 aromatic carbocycles. The van der Waals surface area contributed by atoms with Crippen LogP contribution in [-0.4, -0.2) is 6.61 Å². The molecular weight excluding hydrogens is 172 g/mol. The number of benzene rings is 1. The molecule has 0 aliphatic carbocycles. The Morgan fingerprint density at radius 2 is 2.25 bits per heavy atom. The number of hydrogen-bond acceptors (Lipinski definition) is 1. The van der Waals surface area contributed by atoms with Gasteiger partial charge in [-0.25, -0.2) is 0 Å². The molecule has 1 nitrogen and oxygen atoms in total. The van der Waals surface area contributed by atoms with Crippen LogP contribution in [0.1, 0.15) is 12.5 Å². The molecule has 0 atom stereocenters. The fourth-order valence-corrected chi connectivity index (χ4v) is 1.33. The van der Waals surface area contributed by atoms with Crippen molar-refractivity contribution in [3.8, 4) is 5.75 Å². The summed E-state index contributed by atoms with van der Waals surface area (Å²) in [7, 11) is 0. The maximum Gasteiger partial charge on any atom is 0.120 e. The summed E-state index contributed by atoms with van der Waals surface area (Å²) in [5.74, 6) is 0.784. The highest BCUT2D eigenvalue weighted by atomic mass is 35.5. The molecule has 0 aliphatic heterocycles. The molecule has 0 spiro atoms. The smallest absolute Gasteiger partial charge is 0.120 e. The van der Waals surface area contributed by atoms with Crippen molar-refractivity contribution < 1.29 is 4.74 Å². The van der Waals surface area contributed by atoms with E-state index in [1.165, 1.54) is 0 Å². The summed E-state index contributed by atoms with van der Waals surface area (Å²) in [6.07, 6.45) is 0.948. The van der Waals surface area contributed by atoms with Gasteiger partial charge >= 0.3 is 0 Å². The first-order valence-corrected chi connectivity index (χ1v) is 4.36. The zero-order valence-electron chi connectivity index (χ0n) is 7.14. The third kappa shape index (κ3) is 2.15. The minimum absolute atomic E-state index is 0.432. The van der Waals surface area contributed by atoms with Crippen molar-refractivity contribution in [3.05, 3.63) is 35.7 Å². The van der Waals surface area contributed by atoms with Crippen LogP contribution in [-0.2, 0) is 6.42 Å². The Balaban J connectivity index is 2.86. The summed E-state index contributed by atoms with van der Waals surface area (Å²) >= 11 is 5.96. The van der Waals surface area contributed by atoms with Crippen LogP contribution in [0.25, 0.3) is 0 Å². The van der Waals surface area contributed by atoms with E-state index < -0.39 is 0 Å². The molecule has 0 N–H and O–H groups in total. The average molecular weight is 184 g/mol. The van der Waals surface area contributed by atoms with Gasteiger partial charge in [0, 0.05) is 5.02 Å². The Labute approximate surface area is 78.3 Å². The van der Waals surface area contributed by atoms with Crippen LogP contribution in [0, 0.1) is 6.92 Å².